The minimum Gasteiger partial charge on any atom is -0.486 e. The maximum absolute atomic E-state index is 12.2. The van der Waals surface area contributed by atoms with E-state index in [2.05, 4.69) is 15.3 Å². The van der Waals surface area contributed by atoms with Crippen LogP contribution in [0.25, 0.3) is 0 Å². The molecule has 0 fully saturated rings. The van der Waals surface area contributed by atoms with Gasteiger partial charge in [0.05, 0.1) is 6.21 Å². The average Bonchev–Trinajstić information content (AvgIpc) is 2.64. The highest BCUT2D eigenvalue weighted by Crippen LogP contribution is 2.30. The van der Waals surface area contributed by atoms with Gasteiger partial charge in [0.2, 0.25) is 0 Å². The molecular formula is C18H18N2O4. The van der Waals surface area contributed by atoms with Crippen LogP contribution >= 0.6 is 0 Å². The third-order valence-electron chi connectivity index (χ3n) is 3.54. The van der Waals surface area contributed by atoms with Crippen LogP contribution < -0.4 is 14.8 Å². The van der Waals surface area contributed by atoms with Crippen molar-refractivity contribution < 1.29 is 19.1 Å². The fourth-order valence-electron chi connectivity index (χ4n) is 2.32. The summed E-state index contributed by atoms with van der Waals surface area (Å²) in [5, 5.41) is 6.57. The second kappa shape index (κ2) is 7.50. The van der Waals surface area contributed by atoms with Crippen LogP contribution in [0, 0.1) is 0 Å². The SMILES string of the molecule is CO/N=C/c1ccc(C(=O)NCc2ccc3c(c2)OCCO3)cc1. The van der Waals surface area contributed by atoms with Crippen LogP contribution in [0.4, 0.5) is 0 Å². The number of fused-ring (bicyclic) bond motifs is 1. The van der Waals surface area contributed by atoms with Crippen LogP contribution in [0.15, 0.2) is 47.6 Å². The molecule has 0 aliphatic carbocycles. The molecule has 1 heterocycles. The number of oxime groups is 1. The van der Waals surface area contributed by atoms with Gasteiger partial charge in [-0.05, 0) is 35.4 Å². The predicted octanol–water partition coefficient (Wildman–Crippen LogP) is 2.37. The average molecular weight is 326 g/mol. The molecule has 2 aromatic carbocycles. The van der Waals surface area contributed by atoms with Gasteiger partial charge < -0.3 is 19.6 Å². The fraction of sp³-hybridized carbons (Fsp3) is 0.222. The number of amides is 1. The van der Waals surface area contributed by atoms with Gasteiger partial charge in [0.1, 0.15) is 20.3 Å². The smallest absolute Gasteiger partial charge is 0.251 e. The van der Waals surface area contributed by atoms with Crippen molar-refractivity contribution >= 4 is 12.1 Å². The van der Waals surface area contributed by atoms with Gasteiger partial charge in [-0.25, -0.2) is 0 Å². The summed E-state index contributed by atoms with van der Waals surface area (Å²) in [7, 11) is 1.48. The second-order valence-electron chi connectivity index (χ2n) is 5.20. The molecule has 1 aliphatic heterocycles. The van der Waals surface area contributed by atoms with E-state index in [1.54, 1.807) is 18.3 Å². The summed E-state index contributed by atoms with van der Waals surface area (Å²) in [4.78, 5) is 16.8. The Balaban J connectivity index is 1.60. The van der Waals surface area contributed by atoms with Crippen LogP contribution in [0.1, 0.15) is 21.5 Å². The molecule has 124 valence electrons. The zero-order valence-electron chi connectivity index (χ0n) is 13.3. The number of carbonyl (C=O) groups excluding carboxylic acids is 1. The molecule has 0 atom stereocenters. The van der Waals surface area contributed by atoms with Crippen LogP contribution in [-0.4, -0.2) is 32.4 Å². The van der Waals surface area contributed by atoms with Crippen molar-refractivity contribution in [3.8, 4) is 11.5 Å². The maximum Gasteiger partial charge on any atom is 0.251 e. The molecule has 0 saturated carbocycles. The van der Waals surface area contributed by atoms with Gasteiger partial charge >= 0.3 is 0 Å². The number of carbonyl (C=O) groups is 1. The highest BCUT2D eigenvalue weighted by atomic mass is 16.6. The molecule has 0 saturated heterocycles. The quantitative estimate of drug-likeness (QED) is 0.676. The van der Waals surface area contributed by atoms with Gasteiger partial charge in [0, 0.05) is 12.1 Å². The first-order chi connectivity index (χ1) is 11.8. The van der Waals surface area contributed by atoms with E-state index in [-0.39, 0.29) is 5.91 Å². The Hall–Kier alpha value is -3.02. The zero-order valence-corrected chi connectivity index (χ0v) is 13.3. The number of hydrogen-bond acceptors (Lipinski definition) is 5. The third kappa shape index (κ3) is 3.84. The Labute approximate surface area is 140 Å². The van der Waals surface area contributed by atoms with E-state index >= 15 is 0 Å². The Bertz CT molecular complexity index is 741. The van der Waals surface area contributed by atoms with Crippen molar-refractivity contribution in [1.82, 2.24) is 5.32 Å². The molecule has 2 aromatic rings. The molecule has 0 unspecified atom stereocenters. The first-order valence-corrected chi connectivity index (χ1v) is 7.59. The standard InChI is InChI=1S/C18H18N2O4/c1-22-20-12-13-2-5-15(6-3-13)18(21)19-11-14-4-7-16-17(10-14)24-9-8-23-16/h2-7,10,12H,8-9,11H2,1H3,(H,19,21)/b20-12+. The summed E-state index contributed by atoms with van der Waals surface area (Å²) in [6, 6.07) is 12.8. The number of hydrogen-bond donors (Lipinski definition) is 1. The molecule has 24 heavy (non-hydrogen) atoms. The highest BCUT2D eigenvalue weighted by Gasteiger charge is 2.12. The van der Waals surface area contributed by atoms with E-state index in [0.29, 0.717) is 25.3 Å². The minimum atomic E-state index is -0.139. The van der Waals surface area contributed by atoms with Crippen LogP contribution in [0.2, 0.25) is 0 Å². The number of rotatable bonds is 5. The number of nitrogens with zero attached hydrogens (tertiary/aromatic N) is 1. The molecule has 1 amide bonds. The first-order valence-electron chi connectivity index (χ1n) is 7.59. The lowest BCUT2D eigenvalue weighted by molar-refractivity contribution is 0.0951. The molecule has 3 rings (SSSR count). The van der Waals surface area contributed by atoms with Gasteiger partial charge in [-0.1, -0.05) is 23.4 Å². The lowest BCUT2D eigenvalue weighted by atomic mass is 10.1. The molecule has 0 radical (unpaired) electrons. The van der Waals surface area contributed by atoms with Gasteiger partial charge in [-0.2, -0.15) is 0 Å². The molecular weight excluding hydrogens is 308 g/mol. The third-order valence-corrected chi connectivity index (χ3v) is 3.54. The van der Waals surface area contributed by atoms with Crippen molar-refractivity contribution in [2.75, 3.05) is 20.3 Å². The predicted molar refractivity (Wildman–Crippen MR) is 89.6 cm³/mol. The van der Waals surface area contributed by atoms with E-state index in [9.17, 15) is 4.79 Å². The van der Waals surface area contributed by atoms with E-state index < -0.39 is 0 Å². The Morgan fingerprint density at radius 1 is 1.17 bits per heavy atom. The van der Waals surface area contributed by atoms with Gasteiger partial charge in [0.15, 0.2) is 11.5 Å². The first kappa shape index (κ1) is 15.9. The monoisotopic (exact) mass is 326 g/mol. The molecule has 0 bridgehead atoms. The molecule has 6 nitrogen and oxygen atoms in total. The van der Waals surface area contributed by atoms with Gasteiger partial charge in [-0.15, -0.1) is 0 Å². The zero-order chi connectivity index (χ0) is 16.8. The van der Waals surface area contributed by atoms with Crippen molar-refractivity contribution in [2.24, 2.45) is 5.16 Å². The van der Waals surface area contributed by atoms with Crippen LogP contribution in [0.5, 0.6) is 11.5 Å². The molecule has 0 aromatic heterocycles. The lowest BCUT2D eigenvalue weighted by Gasteiger charge is -2.19. The van der Waals surface area contributed by atoms with E-state index in [0.717, 1.165) is 22.6 Å². The topological polar surface area (TPSA) is 69.2 Å². The van der Waals surface area contributed by atoms with Crippen molar-refractivity contribution in [2.45, 2.75) is 6.54 Å². The highest BCUT2D eigenvalue weighted by molar-refractivity contribution is 5.95. The lowest BCUT2D eigenvalue weighted by Crippen LogP contribution is -2.23. The van der Waals surface area contributed by atoms with E-state index in [1.165, 1.54) is 7.11 Å². The maximum atomic E-state index is 12.2. The Morgan fingerprint density at radius 3 is 2.67 bits per heavy atom. The number of nitrogens with one attached hydrogen (secondary N) is 1. The minimum absolute atomic E-state index is 0.139. The van der Waals surface area contributed by atoms with Crippen molar-refractivity contribution in [3.63, 3.8) is 0 Å². The summed E-state index contributed by atoms with van der Waals surface area (Å²) in [6.45, 7) is 1.53. The fourth-order valence-corrected chi connectivity index (χ4v) is 2.32. The summed E-state index contributed by atoms with van der Waals surface area (Å²) in [6.07, 6.45) is 1.58. The van der Waals surface area contributed by atoms with Gasteiger partial charge in [-0.3, -0.25) is 4.79 Å². The Morgan fingerprint density at radius 2 is 1.92 bits per heavy atom. The normalized spacial score (nSPS) is 12.9. The van der Waals surface area contributed by atoms with Crippen molar-refractivity contribution in [1.29, 1.82) is 0 Å². The van der Waals surface area contributed by atoms with Crippen LogP contribution in [0.3, 0.4) is 0 Å². The summed E-state index contributed by atoms with van der Waals surface area (Å²) in [5.74, 6) is 1.32. The number of ether oxygens (including phenoxy) is 2. The molecule has 1 N–H and O–H groups in total. The van der Waals surface area contributed by atoms with Crippen molar-refractivity contribution in [3.05, 3.63) is 59.2 Å². The molecule has 6 heteroatoms. The number of benzene rings is 2. The molecule has 1 aliphatic rings. The summed E-state index contributed by atoms with van der Waals surface area (Å²) < 4.78 is 11.0. The van der Waals surface area contributed by atoms with E-state index in [4.69, 9.17) is 9.47 Å². The van der Waals surface area contributed by atoms with Crippen LogP contribution in [-0.2, 0) is 11.4 Å². The Kier molecular flexibility index (Phi) is 4.96. The van der Waals surface area contributed by atoms with E-state index in [1.807, 2.05) is 30.3 Å². The largest absolute Gasteiger partial charge is 0.486 e. The van der Waals surface area contributed by atoms with Gasteiger partial charge in [0.25, 0.3) is 5.91 Å². The summed E-state index contributed by atoms with van der Waals surface area (Å²) >= 11 is 0. The molecule has 0 spiro atoms. The summed E-state index contributed by atoms with van der Waals surface area (Å²) in [5.41, 5.74) is 2.40. The second-order valence-corrected chi connectivity index (χ2v) is 5.20.